The van der Waals surface area contributed by atoms with Crippen LogP contribution in [0.4, 0.5) is 23.2 Å². The zero-order valence-corrected chi connectivity index (χ0v) is 9.69. The molecule has 0 bridgehead atoms. The first-order valence-corrected chi connectivity index (χ1v) is 5.19. The minimum Gasteiger partial charge on any atom is -0.388 e. The molecule has 1 heterocycles. The van der Waals surface area contributed by atoms with Crippen LogP contribution in [0.2, 0.25) is 0 Å². The monoisotopic (exact) mass is 258 g/mol. The van der Waals surface area contributed by atoms with Crippen LogP contribution < -0.4 is 5.32 Å². The van der Waals surface area contributed by atoms with E-state index in [-0.39, 0.29) is 11.2 Å². The lowest BCUT2D eigenvalue weighted by Gasteiger charge is -2.13. The van der Waals surface area contributed by atoms with E-state index in [9.17, 15) is 17.6 Å². The quantitative estimate of drug-likeness (QED) is 0.788. The molecule has 0 spiro atoms. The second-order valence-electron chi connectivity index (χ2n) is 3.92. The number of rotatable bonds is 1. The number of hydrogen-bond acceptors (Lipinski definition) is 2. The number of pyridine rings is 1. The first kappa shape index (κ1) is 12.6. The SMILES string of the molecule is CNc1cc(C(F)(F)F)nc2cc(F)cc(C)c12. The molecule has 18 heavy (non-hydrogen) atoms. The molecule has 0 aliphatic heterocycles. The van der Waals surface area contributed by atoms with E-state index in [2.05, 4.69) is 10.3 Å². The zero-order valence-electron chi connectivity index (χ0n) is 9.69. The van der Waals surface area contributed by atoms with Gasteiger partial charge in [0.05, 0.1) is 5.52 Å². The summed E-state index contributed by atoms with van der Waals surface area (Å²) in [4.78, 5) is 3.47. The number of hydrogen-bond donors (Lipinski definition) is 1. The Morgan fingerprint density at radius 2 is 1.83 bits per heavy atom. The van der Waals surface area contributed by atoms with Crippen molar-refractivity contribution in [3.05, 3.63) is 35.3 Å². The van der Waals surface area contributed by atoms with Crippen molar-refractivity contribution in [2.75, 3.05) is 12.4 Å². The molecule has 0 aliphatic rings. The third-order valence-corrected chi connectivity index (χ3v) is 2.63. The molecular formula is C12H10F4N2. The van der Waals surface area contributed by atoms with Crippen LogP contribution in [-0.4, -0.2) is 12.0 Å². The van der Waals surface area contributed by atoms with E-state index >= 15 is 0 Å². The molecule has 1 N–H and O–H groups in total. The third kappa shape index (κ3) is 2.10. The number of nitrogens with one attached hydrogen (secondary N) is 1. The lowest BCUT2D eigenvalue weighted by atomic mass is 10.1. The summed E-state index contributed by atoms with van der Waals surface area (Å²) in [6, 6.07) is 3.18. The molecule has 2 aromatic rings. The average molecular weight is 258 g/mol. The number of anilines is 1. The third-order valence-electron chi connectivity index (χ3n) is 2.63. The molecule has 0 fully saturated rings. The molecule has 2 rings (SSSR count). The van der Waals surface area contributed by atoms with Crippen molar-refractivity contribution >= 4 is 16.6 Å². The lowest BCUT2D eigenvalue weighted by Crippen LogP contribution is -2.09. The van der Waals surface area contributed by atoms with Gasteiger partial charge in [0.1, 0.15) is 11.5 Å². The van der Waals surface area contributed by atoms with Gasteiger partial charge in [-0.25, -0.2) is 9.37 Å². The molecule has 96 valence electrons. The summed E-state index contributed by atoms with van der Waals surface area (Å²) in [5.41, 5.74) is -0.226. The number of alkyl halides is 3. The normalized spacial score (nSPS) is 11.9. The van der Waals surface area contributed by atoms with Gasteiger partial charge in [0.2, 0.25) is 0 Å². The van der Waals surface area contributed by atoms with Gasteiger partial charge in [0.25, 0.3) is 0 Å². The fourth-order valence-electron chi connectivity index (χ4n) is 1.88. The maximum absolute atomic E-state index is 13.2. The summed E-state index contributed by atoms with van der Waals surface area (Å²) in [5, 5.41) is 3.17. The molecule has 1 aromatic heterocycles. The second-order valence-corrected chi connectivity index (χ2v) is 3.92. The number of fused-ring (bicyclic) bond motifs is 1. The van der Waals surface area contributed by atoms with E-state index in [1.807, 2.05) is 0 Å². The lowest BCUT2D eigenvalue weighted by molar-refractivity contribution is -0.140. The van der Waals surface area contributed by atoms with Crippen LogP contribution >= 0.6 is 0 Å². The number of nitrogens with zero attached hydrogens (tertiary/aromatic N) is 1. The van der Waals surface area contributed by atoms with E-state index < -0.39 is 17.7 Å². The first-order valence-electron chi connectivity index (χ1n) is 5.19. The average Bonchev–Trinajstić information content (AvgIpc) is 2.25. The van der Waals surface area contributed by atoms with Crippen molar-refractivity contribution in [3.8, 4) is 0 Å². The van der Waals surface area contributed by atoms with Crippen molar-refractivity contribution in [2.24, 2.45) is 0 Å². The van der Waals surface area contributed by atoms with Gasteiger partial charge >= 0.3 is 6.18 Å². The highest BCUT2D eigenvalue weighted by Gasteiger charge is 2.33. The fourth-order valence-corrected chi connectivity index (χ4v) is 1.88. The highest BCUT2D eigenvalue weighted by atomic mass is 19.4. The fraction of sp³-hybridized carbons (Fsp3) is 0.250. The van der Waals surface area contributed by atoms with Crippen LogP contribution in [0.1, 0.15) is 11.3 Å². The Labute approximate surface area is 101 Å². The summed E-state index contributed by atoms with van der Waals surface area (Å²) in [7, 11) is 1.51. The number of benzene rings is 1. The van der Waals surface area contributed by atoms with Crippen molar-refractivity contribution in [1.29, 1.82) is 0 Å². The van der Waals surface area contributed by atoms with Gasteiger partial charge in [-0.1, -0.05) is 0 Å². The number of aromatic nitrogens is 1. The maximum Gasteiger partial charge on any atom is 0.433 e. The Morgan fingerprint density at radius 1 is 1.17 bits per heavy atom. The van der Waals surface area contributed by atoms with Crippen LogP contribution in [0.15, 0.2) is 18.2 Å². The van der Waals surface area contributed by atoms with Crippen LogP contribution in [-0.2, 0) is 6.18 Å². The summed E-state index contributed by atoms with van der Waals surface area (Å²) in [5.74, 6) is -0.603. The highest BCUT2D eigenvalue weighted by Crippen LogP contribution is 2.34. The van der Waals surface area contributed by atoms with Crippen LogP contribution in [0.25, 0.3) is 10.9 Å². The van der Waals surface area contributed by atoms with Gasteiger partial charge in [-0.2, -0.15) is 13.2 Å². The Bertz CT molecular complexity index is 605. The van der Waals surface area contributed by atoms with Crippen LogP contribution in [0, 0.1) is 12.7 Å². The van der Waals surface area contributed by atoms with Crippen molar-refractivity contribution in [2.45, 2.75) is 13.1 Å². The van der Waals surface area contributed by atoms with Crippen molar-refractivity contribution in [3.63, 3.8) is 0 Å². The number of aryl methyl sites for hydroxylation is 1. The molecule has 0 unspecified atom stereocenters. The van der Waals surface area contributed by atoms with Gasteiger partial charge in [0, 0.05) is 24.2 Å². The molecule has 0 radical (unpaired) electrons. The molecule has 6 heteroatoms. The van der Waals surface area contributed by atoms with E-state index in [4.69, 9.17) is 0 Å². The topological polar surface area (TPSA) is 24.9 Å². The minimum absolute atomic E-state index is 0.00771. The van der Waals surface area contributed by atoms with Gasteiger partial charge < -0.3 is 5.32 Å². The largest absolute Gasteiger partial charge is 0.433 e. The Balaban J connectivity index is 2.84. The zero-order chi connectivity index (χ0) is 13.5. The van der Waals surface area contributed by atoms with E-state index in [1.165, 1.54) is 13.1 Å². The predicted molar refractivity (Wildman–Crippen MR) is 61.0 cm³/mol. The summed E-state index contributed by atoms with van der Waals surface area (Å²) in [6.07, 6.45) is -4.56. The molecule has 1 aromatic carbocycles. The number of halogens is 4. The maximum atomic E-state index is 13.2. The molecule has 2 nitrogen and oxygen atoms in total. The molecule has 0 saturated carbocycles. The Hall–Kier alpha value is -1.85. The van der Waals surface area contributed by atoms with E-state index in [0.717, 1.165) is 12.1 Å². The van der Waals surface area contributed by atoms with Crippen LogP contribution in [0.3, 0.4) is 0 Å². The first-order chi connectivity index (χ1) is 8.32. The Kier molecular flexibility index (Phi) is 2.88. The van der Waals surface area contributed by atoms with Gasteiger partial charge in [0.15, 0.2) is 0 Å². The van der Waals surface area contributed by atoms with E-state index in [0.29, 0.717) is 10.9 Å². The summed E-state index contributed by atoms with van der Waals surface area (Å²) >= 11 is 0. The molecule has 0 aliphatic carbocycles. The van der Waals surface area contributed by atoms with Gasteiger partial charge in [-0.05, 0) is 24.6 Å². The minimum atomic E-state index is -4.56. The highest BCUT2D eigenvalue weighted by molar-refractivity contribution is 5.94. The summed E-state index contributed by atoms with van der Waals surface area (Å²) < 4.78 is 51.2. The molecule has 0 atom stereocenters. The standard InChI is InChI=1S/C12H10F4N2/c1-6-3-7(13)4-9-11(6)8(17-2)5-10(18-9)12(14,15)16/h3-5H,1-2H3,(H,17,18). The van der Waals surface area contributed by atoms with Crippen molar-refractivity contribution < 1.29 is 17.6 Å². The smallest absolute Gasteiger partial charge is 0.388 e. The van der Waals surface area contributed by atoms with Crippen LogP contribution in [0.5, 0.6) is 0 Å². The van der Waals surface area contributed by atoms with Gasteiger partial charge in [-0.15, -0.1) is 0 Å². The Morgan fingerprint density at radius 3 is 2.39 bits per heavy atom. The second kappa shape index (κ2) is 4.12. The van der Waals surface area contributed by atoms with Gasteiger partial charge in [-0.3, -0.25) is 0 Å². The summed E-state index contributed by atoms with van der Waals surface area (Å²) in [6.45, 7) is 1.63. The molecule has 0 saturated heterocycles. The molecular weight excluding hydrogens is 248 g/mol. The predicted octanol–water partition coefficient (Wildman–Crippen LogP) is 3.74. The van der Waals surface area contributed by atoms with Crippen molar-refractivity contribution in [1.82, 2.24) is 4.98 Å². The van der Waals surface area contributed by atoms with E-state index in [1.54, 1.807) is 6.92 Å². The molecule has 0 amide bonds.